The van der Waals surface area contributed by atoms with Crippen molar-refractivity contribution in [2.45, 2.75) is 51.0 Å². The highest BCUT2D eigenvalue weighted by molar-refractivity contribution is 7.08. The van der Waals surface area contributed by atoms with E-state index in [2.05, 4.69) is 16.0 Å². The SMILES string of the molecule is Cl.O=C(CCNC(=O)c1ccsc1)NCCNC1CCCCCC1. The van der Waals surface area contributed by atoms with Gasteiger partial charge in [-0.15, -0.1) is 12.4 Å². The number of hydrogen-bond donors (Lipinski definition) is 3. The fraction of sp³-hybridized carbons (Fsp3) is 0.647. The number of carbonyl (C=O) groups is 2. The molecule has 0 aliphatic heterocycles. The van der Waals surface area contributed by atoms with E-state index in [4.69, 9.17) is 0 Å². The molecule has 0 saturated heterocycles. The Morgan fingerprint density at radius 3 is 2.46 bits per heavy atom. The summed E-state index contributed by atoms with van der Waals surface area (Å²) in [5.41, 5.74) is 0.656. The molecule has 136 valence electrons. The number of nitrogens with one attached hydrogen (secondary N) is 3. The van der Waals surface area contributed by atoms with E-state index in [1.54, 1.807) is 11.4 Å². The van der Waals surface area contributed by atoms with Crippen molar-refractivity contribution in [2.24, 2.45) is 0 Å². The van der Waals surface area contributed by atoms with Crippen LogP contribution in [0.3, 0.4) is 0 Å². The van der Waals surface area contributed by atoms with Gasteiger partial charge in [0.05, 0.1) is 0 Å². The van der Waals surface area contributed by atoms with Crippen molar-refractivity contribution in [3.8, 4) is 0 Å². The summed E-state index contributed by atoms with van der Waals surface area (Å²) in [5.74, 6) is -0.132. The molecule has 0 atom stereocenters. The molecule has 1 saturated carbocycles. The molecule has 1 heterocycles. The molecule has 0 aromatic carbocycles. The van der Waals surface area contributed by atoms with Gasteiger partial charge in [-0.25, -0.2) is 0 Å². The lowest BCUT2D eigenvalue weighted by Gasteiger charge is -2.16. The van der Waals surface area contributed by atoms with Crippen LogP contribution in [-0.4, -0.2) is 37.5 Å². The van der Waals surface area contributed by atoms with E-state index < -0.39 is 0 Å². The van der Waals surface area contributed by atoms with Gasteiger partial charge in [-0.05, 0) is 24.3 Å². The highest BCUT2D eigenvalue weighted by Crippen LogP contribution is 2.16. The maximum absolute atomic E-state index is 11.7. The highest BCUT2D eigenvalue weighted by Gasteiger charge is 2.11. The minimum atomic E-state index is -0.117. The smallest absolute Gasteiger partial charge is 0.252 e. The number of halogens is 1. The van der Waals surface area contributed by atoms with E-state index >= 15 is 0 Å². The van der Waals surface area contributed by atoms with Crippen molar-refractivity contribution in [1.29, 1.82) is 0 Å². The van der Waals surface area contributed by atoms with E-state index in [0.29, 0.717) is 31.1 Å². The van der Waals surface area contributed by atoms with Gasteiger partial charge in [0.2, 0.25) is 5.91 Å². The largest absolute Gasteiger partial charge is 0.355 e. The number of amides is 2. The van der Waals surface area contributed by atoms with E-state index in [9.17, 15) is 9.59 Å². The molecule has 0 bridgehead atoms. The Kier molecular flexibility index (Phi) is 10.7. The standard InChI is InChI=1S/C17H27N3O2S.ClH/c21-16(7-9-20-17(22)14-8-12-23-13-14)19-11-10-18-15-5-3-1-2-4-6-15;/h8,12-13,15,18H,1-7,9-11H2,(H,19,21)(H,20,22);1H. The van der Waals surface area contributed by atoms with Gasteiger partial charge in [0.25, 0.3) is 5.91 Å². The van der Waals surface area contributed by atoms with Crippen LogP contribution in [-0.2, 0) is 4.79 Å². The van der Waals surface area contributed by atoms with Crippen molar-refractivity contribution in [3.63, 3.8) is 0 Å². The summed E-state index contributed by atoms with van der Waals surface area (Å²) in [5, 5.41) is 12.8. The number of thiophene rings is 1. The summed E-state index contributed by atoms with van der Waals surface area (Å²) in [6.07, 6.45) is 8.16. The van der Waals surface area contributed by atoms with E-state index in [0.717, 1.165) is 6.54 Å². The molecule has 1 aromatic rings. The summed E-state index contributed by atoms with van der Waals surface area (Å²) < 4.78 is 0. The van der Waals surface area contributed by atoms with Crippen LogP contribution in [0.25, 0.3) is 0 Å². The third kappa shape index (κ3) is 8.13. The van der Waals surface area contributed by atoms with Gasteiger partial charge in [0.15, 0.2) is 0 Å². The number of hydrogen-bond acceptors (Lipinski definition) is 4. The summed E-state index contributed by atoms with van der Waals surface area (Å²) in [6, 6.07) is 2.39. The molecule has 24 heavy (non-hydrogen) atoms. The van der Waals surface area contributed by atoms with Crippen LogP contribution >= 0.6 is 23.7 Å². The maximum atomic E-state index is 11.7. The molecule has 0 spiro atoms. The summed E-state index contributed by atoms with van der Waals surface area (Å²) in [6.45, 7) is 1.84. The lowest BCUT2D eigenvalue weighted by molar-refractivity contribution is -0.120. The lowest BCUT2D eigenvalue weighted by atomic mass is 10.1. The second kappa shape index (κ2) is 12.3. The minimum absolute atomic E-state index is 0. The zero-order chi connectivity index (χ0) is 16.3. The van der Waals surface area contributed by atoms with Crippen molar-refractivity contribution < 1.29 is 9.59 Å². The molecule has 1 aliphatic rings. The van der Waals surface area contributed by atoms with Gasteiger partial charge in [-0.3, -0.25) is 9.59 Å². The molecule has 3 N–H and O–H groups in total. The maximum Gasteiger partial charge on any atom is 0.252 e. The third-order valence-corrected chi connectivity index (χ3v) is 4.84. The Morgan fingerprint density at radius 2 is 1.79 bits per heavy atom. The zero-order valence-electron chi connectivity index (χ0n) is 14.0. The molecule has 0 unspecified atom stereocenters. The zero-order valence-corrected chi connectivity index (χ0v) is 15.6. The first-order valence-corrected chi connectivity index (χ1v) is 9.50. The molecule has 0 radical (unpaired) electrons. The Bertz CT molecular complexity index is 474. The van der Waals surface area contributed by atoms with Crippen LogP contribution < -0.4 is 16.0 Å². The summed E-state index contributed by atoms with van der Waals surface area (Å²) >= 11 is 1.49. The van der Waals surface area contributed by atoms with Gasteiger partial charge >= 0.3 is 0 Å². The fourth-order valence-electron chi connectivity index (χ4n) is 2.84. The Hall–Kier alpha value is -1.11. The average Bonchev–Trinajstić information content (AvgIpc) is 2.96. The predicted molar refractivity (Wildman–Crippen MR) is 101 cm³/mol. The molecule has 7 heteroatoms. The summed E-state index contributed by atoms with van der Waals surface area (Å²) in [4.78, 5) is 23.4. The van der Waals surface area contributed by atoms with Crippen LogP contribution in [0.15, 0.2) is 16.8 Å². The normalized spacial score (nSPS) is 15.2. The fourth-order valence-corrected chi connectivity index (χ4v) is 3.47. The highest BCUT2D eigenvalue weighted by atomic mass is 35.5. The molecule has 2 rings (SSSR count). The number of rotatable bonds is 8. The van der Waals surface area contributed by atoms with Crippen LogP contribution in [0.4, 0.5) is 0 Å². The van der Waals surface area contributed by atoms with Crippen LogP contribution in [0.1, 0.15) is 55.3 Å². The molecule has 1 aromatic heterocycles. The van der Waals surface area contributed by atoms with E-state index in [1.165, 1.54) is 49.9 Å². The second-order valence-corrected chi connectivity index (χ2v) is 6.79. The van der Waals surface area contributed by atoms with E-state index in [-0.39, 0.29) is 24.2 Å². The first-order chi connectivity index (χ1) is 11.3. The topological polar surface area (TPSA) is 70.2 Å². The van der Waals surface area contributed by atoms with Gasteiger partial charge < -0.3 is 16.0 Å². The van der Waals surface area contributed by atoms with Gasteiger partial charge in [-0.2, -0.15) is 11.3 Å². The van der Waals surface area contributed by atoms with Crippen molar-refractivity contribution in [1.82, 2.24) is 16.0 Å². The molecule has 1 aliphatic carbocycles. The quantitative estimate of drug-likeness (QED) is 0.484. The lowest BCUT2D eigenvalue weighted by Crippen LogP contribution is -2.37. The molecule has 5 nitrogen and oxygen atoms in total. The first kappa shape index (κ1) is 20.9. The average molecular weight is 374 g/mol. The molecule has 1 fully saturated rings. The van der Waals surface area contributed by atoms with Crippen LogP contribution in [0.2, 0.25) is 0 Å². The van der Waals surface area contributed by atoms with Gasteiger partial charge in [0, 0.05) is 43.0 Å². The van der Waals surface area contributed by atoms with Crippen LogP contribution in [0.5, 0.6) is 0 Å². The van der Waals surface area contributed by atoms with Gasteiger partial charge in [0.1, 0.15) is 0 Å². The number of carbonyl (C=O) groups excluding carboxylic acids is 2. The molecule has 2 amide bonds. The Labute approximate surface area is 154 Å². The Morgan fingerprint density at radius 1 is 1.04 bits per heavy atom. The van der Waals surface area contributed by atoms with Crippen molar-refractivity contribution in [3.05, 3.63) is 22.4 Å². The molecular weight excluding hydrogens is 346 g/mol. The van der Waals surface area contributed by atoms with Crippen LogP contribution in [0, 0.1) is 0 Å². The second-order valence-electron chi connectivity index (χ2n) is 6.01. The predicted octanol–water partition coefficient (Wildman–Crippen LogP) is 2.72. The first-order valence-electron chi connectivity index (χ1n) is 8.56. The molecular formula is C17H28ClN3O2S. The monoisotopic (exact) mass is 373 g/mol. The summed E-state index contributed by atoms with van der Waals surface area (Å²) in [7, 11) is 0. The third-order valence-electron chi connectivity index (χ3n) is 4.16. The van der Waals surface area contributed by atoms with Crippen molar-refractivity contribution >= 4 is 35.6 Å². The van der Waals surface area contributed by atoms with Crippen molar-refractivity contribution in [2.75, 3.05) is 19.6 Å². The Balaban J connectivity index is 0.00000288. The van der Waals surface area contributed by atoms with E-state index in [1.807, 2.05) is 5.38 Å². The minimum Gasteiger partial charge on any atom is -0.355 e. The van der Waals surface area contributed by atoms with Gasteiger partial charge in [-0.1, -0.05) is 25.7 Å².